The lowest BCUT2D eigenvalue weighted by molar-refractivity contribution is -0.324. The van der Waals surface area contributed by atoms with Crippen LogP contribution in [0.5, 0.6) is 0 Å². The number of thioether (sulfide) groups is 1. The van der Waals surface area contributed by atoms with Gasteiger partial charge in [-0.3, -0.25) is 0 Å². The molecule has 1 N–H and O–H groups in total. The first-order valence-corrected chi connectivity index (χ1v) is 14.9. The van der Waals surface area contributed by atoms with Gasteiger partial charge in [-0.25, -0.2) is 0 Å². The maximum absolute atomic E-state index is 12.3. The Morgan fingerprint density at radius 2 is 1.07 bits per heavy atom. The van der Waals surface area contributed by atoms with E-state index in [1.165, 1.54) is 11.8 Å². The van der Waals surface area contributed by atoms with Gasteiger partial charge in [0.1, 0.15) is 12.2 Å². The predicted molar refractivity (Wildman–Crippen MR) is 162 cm³/mol. The number of hydrogen-bond acceptors (Lipinski definition) is 6. The molecule has 0 bridgehead atoms. The highest BCUT2D eigenvalue weighted by atomic mass is 32.2. The molecule has 1 aliphatic heterocycles. The Morgan fingerprint density at radius 1 is 0.634 bits per heavy atom. The standard InChI is InChI=1S/C35H38O5S/c1-25-14-13-15-26(2)33(25)41-35(36)34(39-24-30-20-11-6-12-21-30)32(38-23-29-18-9-5-10-19-29)31(27(3)40-35)37-22-28-16-7-4-8-17-28/h4-21,27,31-32,34,36H,22-24H2,1-3H3/t27-,31+,32+,34-,35-/m0/s1. The summed E-state index contributed by atoms with van der Waals surface area (Å²) < 4.78 is 26.2. The SMILES string of the molecule is Cc1cccc(C)c1S[C@@]1(O)O[C@@H](C)[C@@H](OCc2ccccc2)[C@@H](OCc2ccccc2)[C@@H]1OCc1ccccc1. The van der Waals surface area contributed by atoms with Crippen molar-refractivity contribution in [2.45, 2.75) is 75.0 Å². The molecule has 4 aromatic rings. The summed E-state index contributed by atoms with van der Waals surface area (Å²) in [5.74, 6) is 0. The van der Waals surface area contributed by atoms with Gasteiger partial charge in [-0.05, 0) is 48.6 Å². The molecule has 41 heavy (non-hydrogen) atoms. The van der Waals surface area contributed by atoms with Gasteiger partial charge in [-0.2, -0.15) is 0 Å². The van der Waals surface area contributed by atoms with Crippen LogP contribution in [0.3, 0.4) is 0 Å². The Labute approximate surface area is 247 Å². The number of aryl methyl sites for hydroxylation is 2. The Bertz CT molecular complexity index is 1350. The van der Waals surface area contributed by atoms with Crippen LogP contribution in [-0.4, -0.2) is 34.6 Å². The summed E-state index contributed by atoms with van der Waals surface area (Å²) in [6, 6.07) is 36.1. The molecule has 0 radical (unpaired) electrons. The van der Waals surface area contributed by atoms with Gasteiger partial charge in [0.15, 0.2) is 6.10 Å². The molecule has 5 nitrogen and oxygen atoms in total. The molecule has 0 amide bonds. The fourth-order valence-electron chi connectivity index (χ4n) is 5.14. The smallest absolute Gasteiger partial charge is 0.250 e. The predicted octanol–water partition coefficient (Wildman–Crippen LogP) is 7.22. The zero-order chi connectivity index (χ0) is 28.7. The topological polar surface area (TPSA) is 57.2 Å². The number of ether oxygens (including phenoxy) is 4. The average molecular weight is 571 g/mol. The van der Waals surface area contributed by atoms with Crippen LogP contribution in [-0.2, 0) is 38.8 Å². The van der Waals surface area contributed by atoms with Crippen LogP contribution in [0.2, 0.25) is 0 Å². The molecule has 4 aromatic carbocycles. The van der Waals surface area contributed by atoms with Crippen LogP contribution in [0.15, 0.2) is 114 Å². The van der Waals surface area contributed by atoms with Gasteiger partial charge < -0.3 is 24.1 Å². The molecule has 0 unspecified atom stereocenters. The monoisotopic (exact) mass is 570 g/mol. The van der Waals surface area contributed by atoms with Gasteiger partial charge >= 0.3 is 0 Å². The van der Waals surface area contributed by atoms with E-state index in [-0.39, 0.29) is 6.61 Å². The Morgan fingerprint density at radius 3 is 1.56 bits per heavy atom. The largest absolute Gasteiger partial charge is 0.368 e. The van der Waals surface area contributed by atoms with Crippen LogP contribution in [0.1, 0.15) is 34.7 Å². The lowest BCUT2D eigenvalue weighted by atomic mass is 9.98. The first-order chi connectivity index (χ1) is 19.9. The molecule has 0 saturated carbocycles. The lowest BCUT2D eigenvalue weighted by Crippen LogP contribution is -2.64. The van der Waals surface area contributed by atoms with Crippen LogP contribution in [0, 0.1) is 13.8 Å². The van der Waals surface area contributed by atoms with E-state index < -0.39 is 29.5 Å². The molecule has 0 aliphatic carbocycles. The Hall–Kier alpha value is -2.97. The van der Waals surface area contributed by atoms with Crippen molar-refractivity contribution < 1.29 is 24.1 Å². The van der Waals surface area contributed by atoms with Gasteiger partial charge in [-0.15, -0.1) is 0 Å². The van der Waals surface area contributed by atoms with Crippen LogP contribution < -0.4 is 0 Å². The minimum Gasteiger partial charge on any atom is -0.368 e. The number of hydrogen-bond donors (Lipinski definition) is 1. The Kier molecular flexibility index (Phi) is 9.93. The third-order valence-electron chi connectivity index (χ3n) is 7.30. The normalized spacial score (nSPS) is 24.3. The molecule has 0 spiro atoms. The van der Waals surface area contributed by atoms with Gasteiger partial charge in [0.05, 0.1) is 25.9 Å². The second-order valence-electron chi connectivity index (χ2n) is 10.5. The van der Waals surface area contributed by atoms with Crippen LogP contribution >= 0.6 is 11.8 Å². The van der Waals surface area contributed by atoms with E-state index in [0.717, 1.165) is 32.7 Å². The maximum Gasteiger partial charge on any atom is 0.250 e. The number of rotatable bonds is 11. The second-order valence-corrected chi connectivity index (χ2v) is 11.7. The molecule has 1 fully saturated rings. The zero-order valence-corrected chi connectivity index (χ0v) is 24.6. The average Bonchev–Trinajstić information content (AvgIpc) is 2.99. The third kappa shape index (κ3) is 7.46. The van der Waals surface area contributed by atoms with Gasteiger partial charge in [-0.1, -0.05) is 121 Å². The van der Waals surface area contributed by atoms with Gasteiger partial charge in [0, 0.05) is 4.90 Å². The van der Waals surface area contributed by atoms with Gasteiger partial charge in [0.25, 0.3) is 5.12 Å². The molecule has 214 valence electrons. The van der Waals surface area contributed by atoms with E-state index >= 15 is 0 Å². The lowest BCUT2D eigenvalue weighted by Gasteiger charge is -2.49. The molecule has 5 atom stereocenters. The van der Waals surface area contributed by atoms with E-state index in [0.29, 0.717) is 13.2 Å². The van der Waals surface area contributed by atoms with E-state index in [4.69, 9.17) is 18.9 Å². The second kappa shape index (κ2) is 13.8. The van der Waals surface area contributed by atoms with Crippen LogP contribution in [0.25, 0.3) is 0 Å². The highest BCUT2D eigenvalue weighted by molar-refractivity contribution is 8.00. The summed E-state index contributed by atoms with van der Waals surface area (Å²) in [5, 5.41) is 10.6. The van der Waals surface area contributed by atoms with Crippen molar-refractivity contribution in [3.63, 3.8) is 0 Å². The van der Waals surface area contributed by atoms with E-state index in [1.54, 1.807) is 0 Å². The summed E-state index contributed by atoms with van der Waals surface area (Å²) in [4.78, 5) is 0.959. The first kappa shape index (κ1) is 29.5. The van der Waals surface area contributed by atoms with Crippen molar-refractivity contribution in [2.24, 2.45) is 0 Å². The van der Waals surface area contributed by atoms with Crippen molar-refractivity contribution in [3.05, 3.63) is 137 Å². The summed E-state index contributed by atoms with van der Waals surface area (Å²) in [6.07, 6.45) is -2.43. The molecule has 0 aromatic heterocycles. The fraction of sp³-hybridized carbons (Fsp3) is 0.314. The summed E-state index contributed by atoms with van der Waals surface area (Å²) in [6.45, 7) is 7.03. The van der Waals surface area contributed by atoms with Crippen molar-refractivity contribution >= 4 is 11.8 Å². The molecular weight excluding hydrogens is 532 g/mol. The molecule has 1 aliphatic rings. The van der Waals surface area contributed by atoms with Crippen molar-refractivity contribution in [3.8, 4) is 0 Å². The van der Waals surface area contributed by atoms with Crippen molar-refractivity contribution in [2.75, 3.05) is 0 Å². The molecular formula is C35H38O5S. The van der Waals surface area contributed by atoms with E-state index in [9.17, 15) is 5.11 Å². The molecule has 6 heteroatoms. The van der Waals surface area contributed by atoms with E-state index in [1.807, 2.05) is 130 Å². The van der Waals surface area contributed by atoms with Crippen molar-refractivity contribution in [1.82, 2.24) is 0 Å². The fourth-order valence-corrected chi connectivity index (χ4v) is 6.41. The summed E-state index contributed by atoms with van der Waals surface area (Å²) in [7, 11) is 0. The van der Waals surface area contributed by atoms with E-state index in [2.05, 4.69) is 0 Å². The highest BCUT2D eigenvalue weighted by Gasteiger charge is 2.56. The zero-order valence-electron chi connectivity index (χ0n) is 23.8. The number of benzene rings is 4. The minimum atomic E-state index is -1.72. The summed E-state index contributed by atoms with van der Waals surface area (Å²) in [5.41, 5.74) is 5.20. The molecule has 5 rings (SSSR count). The molecule has 1 saturated heterocycles. The van der Waals surface area contributed by atoms with Crippen LogP contribution in [0.4, 0.5) is 0 Å². The highest BCUT2D eigenvalue weighted by Crippen LogP contribution is 2.46. The third-order valence-corrected chi connectivity index (χ3v) is 8.77. The van der Waals surface area contributed by atoms with Gasteiger partial charge in [0.2, 0.25) is 0 Å². The maximum atomic E-state index is 12.3. The first-order valence-electron chi connectivity index (χ1n) is 14.0. The number of aliphatic hydroxyl groups is 1. The Balaban J connectivity index is 1.49. The summed E-state index contributed by atoms with van der Waals surface area (Å²) >= 11 is 1.28. The quantitative estimate of drug-likeness (QED) is 0.192. The molecule has 1 heterocycles. The van der Waals surface area contributed by atoms with Crippen molar-refractivity contribution in [1.29, 1.82) is 0 Å². The minimum absolute atomic E-state index is 0.287.